The predicted molar refractivity (Wildman–Crippen MR) is 100 cm³/mol. The minimum absolute atomic E-state index is 0.0525. The van der Waals surface area contributed by atoms with Gasteiger partial charge in [0.2, 0.25) is 0 Å². The number of aryl methyl sites for hydroxylation is 1. The summed E-state index contributed by atoms with van der Waals surface area (Å²) in [5, 5.41) is 2.86. The van der Waals surface area contributed by atoms with E-state index < -0.39 is 9.84 Å². The van der Waals surface area contributed by atoms with Gasteiger partial charge in [0.1, 0.15) is 11.6 Å². The highest BCUT2D eigenvalue weighted by Crippen LogP contribution is 2.19. The van der Waals surface area contributed by atoms with Crippen LogP contribution in [0.5, 0.6) is 0 Å². The molecule has 8 nitrogen and oxygen atoms in total. The second kappa shape index (κ2) is 7.38. The van der Waals surface area contributed by atoms with Crippen LogP contribution in [0.15, 0.2) is 6.07 Å². The smallest absolute Gasteiger partial charge is 0.317 e. The van der Waals surface area contributed by atoms with Gasteiger partial charge in [-0.25, -0.2) is 23.2 Å². The summed E-state index contributed by atoms with van der Waals surface area (Å²) in [5.74, 6) is 2.22. The maximum atomic E-state index is 12.4. The van der Waals surface area contributed by atoms with Crippen LogP contribution in [0.2, 0.25) is 0 Å². The highest BCUT2D eigenvalue weighted by molar-refractivity contribution is 7.91. The molecule has 1 N–H and O–H groups in total. The second-order valence-electron chi connectivity index (χ2n) is 7.40. The second-order valence-corrected chi connectivity index (χ2v) is 9.63. The molecule has 0 radical (unpaired) electrons. The molecule has 2 aliphatic rings. The maximum Gasteiger partial charge on any atom is 0.317 e. The molecule has 0 spiro atoms. The van der Waals surface area contributed by atoms with E-state index in [9.17, 15) is 13.2 Å². The van der Waals surface area contributed by atoms with Gasteiger partial charge in [0.15, 0.2) is 9.84 Å². The molecule has 1 aromatic heterocycles. The zero-order valence-corrected chi connectivity index (χ0v) is 16.4. The highest BCUT2D eigenvalue weighted by Gasteiger charge is 2.31. The minimum Gasteiger partial charge on any atom is -0.353 e. The van der Waals surface area contributed by atoms with E-state index in [4.69, 9.17) is 0 Å². The van der Waals surface area contributed by atoms with Crippen molar-refractivity contribution in [3.8, 4) is 0 Å². The molecule has 2 fully saturated rings. The molecule has 26 heavy (non-hydrogen) atoms. The first-order valence-corrected chi connectivity index (χ1v) is 10.9. The number of nitrogens with zero attached hydrogens (tertiary/aromatic N) is 4. The fourth-order valence-corrected chi connectivity index (χ4v) is 4.98. The van der Waals surface area contributed by atoms with E-state index >= 15 is 0 Å². The number of carbonyl (C=O) groups excluding carboxylic acids is 1. The Bertz CT molecular complexity index is 773. The van der Waals surface area contributed by atoms with Gasteiger partial charge in [0.25, 0.3) is 0 Å². The lowest BCUT2D eigenvalue weighted by Gasteiger charge is -2.36. The summed E-state index contributed by atoms with van der Waals surface area (Å²) in [7, 11) is -2.99. The normalized spacial score (nSPS) is 22.7. The molecule has 9 heteroatoms. The summed E-state index contributed by atoms with van der Waals surface area (Å²) in [5.41, 5.74) is 0.946. The van der Waals surface area contributed by atoms with E-state index in [1.165, 1.54) is 0 Å². The Labute approximate surface area is 154 Å². The third-order valence-corrected chi connectivity index (χ3v) is 6.59. The zero-order chi connectivity index (χ0) is 18.9. The summed E-state index contributed by atoms with van der Waals surface area (Å²) in [6.07, 6.45) is 0.506. The SMILES string of the molecule is Cc1cc(N2CCN(C(=O)N[C@@H]3CCS(=O)(=O)C3)CC2)nc(C(C)C)n1. The number of hydrogen-bond donors (Lipinski definition) is 1. The summed E-state index contributed by atoms with van der Waals surface area (Å²) in [4.78, 5) is 25.4. The molecule has 3 rings (SSSR count). The van der Waals surface area contributed by atoms with Crippen LogP contribution in [0.25, 0.3) is 0 Å². The number of sulfone groups is 1. The van der Waals surface area contributed by atoms with Crippen LogP contribution in [0.1, 0.15) is 37.7 Å². The Balaban J connectivity index is 1.57. The minimum atomic E-state index is -2.99. The Morgan fingerprint density at radius 1 is 1.23 bits per heavy atom. The Hall–Kier alpha value is -1.90. The lowest BCUT2D eigenvalue weighted by atomic mass is 10.2. The Kier molecular flexibility index (Phi) is 5.36. The van der Waals surface area contributed by atoms with Crippen LogP contribution in [-0.4, -0.2) is 73.0 Å². The van der Waals surface area contributed by atoms with E-state index in [2.05, 4.69) is 34.0 Å². The first kappa shape index (κ1) is 18.9. The lowest BCUT2D eigenvalue weighted by Crippen LogP contribution is -2.53. The van der Waals surface area contributed by atoms with Crippen molar-refractivity contribution in [2.75, 3.05) is 42.6 Å². The highest BCUT2D eigenvalue weighted by atomic mass is 32.2. The number of urea groups is 1. The van der Waals surface area contributed by atoms with Crippen molar-refractivity contribution in [3.05, 3.63) is 17.6 Å². The van der Waals surface area contributed by atoms with Crippen LogP contribution >= 0.6 is 0 Å². The van der Waals surface area contributed by atoms with E-state index in [0.29, 0.717) is 32.6 Å². The van der Waals surface area contributed by atoms with Crippen molar-refractivity contribution in [1.82, 2.24) is 20.2 Å². The molecule has 0 aliphatic carbocycles. The predicted octanol–water partition coefficient (Wildman–Crippen LogP) is 0.927. The third-order valence-electron chi connectivity index (χ3n) is 4.83. The number of anilines is 1. The Morgan fingerprint density at radius 3 is 2.50 bits per heavy atom. The van der Waals surface area contributed by atoms with Crippen molar-refractivity contribution in [2.24, 2.45) is 0 Å². The van der Waals surface area contributed by atoms with Gasteiger partial charge >= 0.3 is 6.03 Å². The van der Waals surface area contributed by atoms with Crippen LogP contribution in [0.3, 0.4) is 0 Å². The van der Waals surface area contributed by atoms with Gasteiger partial charge < -0.3 is 15.1 Å². The van der Waals surface area contributed by atoms with Crippen molar-refractivity contribution in [1.29, 1.82) is 0 Å². The van der Waals surface area contributed by atoms with E-state index in [1.54, 1.807) is 4.90 Å². The average molecular weight is 382 g/mol. The number of carbonyl (C=O) groups is 1. The first-order valence-electron chi connectivity index (χ1n) is 9.10. The van der Waals surface area contributed by atoms with Gasteiger partial charge in [0.05, 0.1) is 11.5 Å². The molecule has 1 atom stereocenters. The number of piperazine rings is 1. The largest absolute Gasteiger partial charge is 0.353 e. The number of nitrogens with one attached hydrogen (secondary N) is 1. The molecule has 0 aromatic carbocycles. The molecule has 0 unspecified atom stereocenters. The first-order chi connectivity index (χ1) is 12.2. The van der Waals surface area contributed by atoms with Crippen molar-refractivity contribution < 1.29 is 13.2 Å². The number of aromatic nitrogens is 2. The van der Waals surface area contributed by atoms with Crippen LogP contribution in [-0.2, 0) is 9.84 Å². The monoisotopic (exact) mass is 381 g/mol. The molecule has 2 saturated heterocycles. The molecule has 0 saturated carbocycles. The summed E-state index contributed by atoms with van der Waals surface area (Å²) in [6, 6.07) is 1.54. The molecule has 0 bridgehead atoms. The average Bonchev–Trinajstić information content (AvgIpc) is 2.93. The molecular weight excluding hydrogens is 354 g/mol. The topological polar surface area (TPSA) is 95.5 Å². The fourth-order valence-electron chi connectivity index (χ4n) is 3.31. The van der Waals surface area contributed by atoms with Crippen molar-refractivity contribution in [2.45, 2.75) is 39.2 Å². The quantitative estimate of drug-likeness (QED) is 0.837. The summed E-state index contributed by atoms with van der Waals surface area (Å²) in [6.45, 7) is 8.69. The molecule has 3 heterocycles. The number of rotatable bonds is 3. The molecule has 2 amide bonds. The maximum absolute atomic E-state index is 12.4. The third kappa shape index (κ3) is 4.44. The van der Waals surface area contributed by atoms with E-state index in [1.807, 2.05) is 13.0 Å². The zero-order valence-electron chi connectivity index (χ0n) is 15.6. The Morgan fingerprint density at radius 2 is 1.92 bits per heavy atom. The van der Waals surface area contributed by atoms with Gasteiger partial charge in [0, 0.05) is 49.9 Å². The van der Waals surface area contributed by atoms with Crippen LogP contribution in [0.4, 0.5) is 10.6 Å². The number of amides is 2. The summed E-state index contributed by atoms with van der Waals surface area (Å²) < 4.78 is 23.0. The van der Waals surface area contributed by atoms with Crippen molar-refractivity contribution >= 4 is 21.7 Å². The standard InChI is InChI=1S/C17H27N5O3S/c1-12(2)16-18-13(3)10-15(20-16)21-5-7-22(8-6-21)17(23)19-14-4-9-26(24,25)11-14/h10,12,14H,4-9,11H2,1-3H3,(H,19,23)/t14-/m1/s1. The van der Waals surface area contributed by atoms with E-state index in [0.717, 1.165) is 17.3 Å². The van der Waals surface area contributed by atoms with Crippen LogP contribution < -0.4 is 10.2 Å². The van der Waals surface area contributed by atoms with Gasteiger partial charge in [-0.3, -0.25) is 0 Å². The number of hydrogen-bond acceptors (Lipinski definition) is 6. The van der Waals surface area contributed by atoms with E-state index in [-0.39, 0.29) is 29.5 Å². The van der Waals surface area contributed by atoms with Crippen molar-refractivity contribution in [3.63, 3.8) is 0 Å². The molecule has 1 aromatic rings. The van der Waals surface area contributed by atoms with Gasteiger partial charge in [-0.2, -0.15) is 0 Å². The molecular formula is C17H27N5O3S. The lowest BCUT2D eigenvalue weighted by molar-refractivity contribution is 0.191. The van der Waals surface area contributed by atoms with Gasteiger partial charge in [-0.1, -0.05) is 13.8 Å². The summed E-state index contributed by atoms with van der Waals surface area (Å²) >= 11 is 0. The van der Waals surface area contributed by atoms with Gasteiger partial charge in [-0.15, -0.1) is 0 Å². The van der Waals surface area contributed by atoms with Gasteiger partial charge in [-0.05, 0) is 13.3 Å². The fraction of sp³-hybridized carbons (Fsp3) is 0.706. The molecule has 144 valence electrons. The van der Waals surface area contributed by atoms with Crippen LogP contribution in [0, 0.1) is 6.92 Å². The molecule has 2 aliphatic heterocycles.